The first-order valence-electron chi connectivity index (χ1n) is 12.5. The van der Waals surface area contributed by atoms with E-state index in [1.165, 1.54) is 4.88 Å². The number of likely N-dealkylation sites (N-methyl/N-ethyl adjacent to an activating group) is 1. The Labute approximate surface area is 235 Å². The molecule has 0 saturated carbocycles. The zero-order chi connectivity index (χ0) is 26.5. The van der Waals surface area contributed by atoms with Gasteiger partial charge in [-0.25, -0.2) is 4.99 Å². The zero-order valence-corrected chi connectivity index (χ0v) is 24.5. The number of thiophene rings is 1. The van der Waals surface area contributed by atoms with E-state index in [9.17, 15) is 9.59 Å². The predicted molar refractivity (Wildman–Crippen MR) is 157 cm³/mol. The van der Waals surface area contributed by atoms with E-state index in [1.54, 1.807) is 40.5 Å². The van der Waals surface area contributed by atoms with E-state index in [-0.39, 0.29) is 17.2 Å². The molecule has 2 aliphatic rings. The number of benzene rings is 2. The van der Waals surface area contributed by atoms with Gasteiger partial charge in [0.2, 0.25) is 0 Å². The molecular weight excluding hydrogens is 570 g/mol. The van der Waals surface area contributed by atoms with Gasteiger partial charge in [-0.1, -0.05) is 48.3 Å². The molecule has 5 nitrogen and oxygen atoms in total. The molecule has 0 fully saturated rings. The van der Waals surface area contributed by atoms with Crippen LogP contribution in [0.5, 0.6) is 0 Å². The molecule has 5 rings (SSSR count). The molecule has 0 radical (unpaired) electrons. The summed E-state index contributed by atoms with van der Waals surface area (Å²) in [5, 5.41) is 4.23. The van der Waals surface area contributed by atoms with Crippen LogP contribution in [0, 0.1) is 11.3 Å². The maximum atomic E-state index is 13.7. The Morgan fingerprint density at radius 1 is 1.22 bits per heavy atom. The maximum Gasteiger partial charge on any atom is 0.277 e. The second kappa shape index (κ2) is 10.0. The lowest BCUT2D eigenvalue weighted by atomic mass is 9.72. The van der Waals surface area contributed by atoms with Crippen LogP contribution in [-0.4, -0.2) is 24.1 Å². The molecule has 0 saturated heterocycles. The molecule has 192 valence electrons. The summed E-state index contributed by atoms with van der Waals surface area (Å²) in [6.45, 7) is 9.32. The van der Waals surface area contributed by atoms with Crippen LogP contribution in [-0.2, 0) is 17.6 Å². The van der Waals surface area contributed by atoms with Crippen LogP contribution >= 0.6 is 38.9 Å². The quantitative estimate of drug-likeness (QED) is 0.330. The Balaban J connectivity index is 1.62. The summed E-state index contributed by atoms with van der Waals surface area (Å²) >= 11 is 11.1. The summed E-state index contributed by atoms with van der Waals surface area (Å²) in [5.74, 6) is 0.172. The van der Waals surface area contributed by atoms with Gasteiger partial charge in [-0.05, 0) is 85.5 Å². The first-order valence-corrected chi connectivity index (χ1v) is 14.5. The minimum absolute atomic E-state index is 0.140. The minimum Gasteiger partial charge on any atom is -0.322 e. The van der Waals surface area contributed by atoms with Crippen LogP contribution in [0.2, 0.25) is 5.02 Å². The smallest absolute Gasteiger partial charge is 0.277 e. The highest BCUT2D eigenvalue weighted by Gasteiger charge is 2.36. The topological polar surface area (TPSA) is 61.8 Å². The lowest BCUT2D eigenvalue weighted by Gasteiger charge is -2.33. The number of rotatable bonds is 4. The van der Waals surface area contributed by atoms with Crippen LogP contribution in [0.3, 0.4) is 0 Å². The number of carbonyl (C=O) groups excluding carboxylic acids is 2. The van der Waals surface area contributed by atoms with Crippen molar-refractivity contribution in [2.24, 2.45) is 16.3 Å². The molecule has 8 heteroatoms. The predicted octanol–water partition coefficient (Wildman–Crippen LogP) is 8.05. The number of anilines is 2. The number of hydrogen-bond acceptors (Lipinski definition) is 4. The van der Waals surface area contributed by atoms with Gasteiger partial charge in [0.05, 0.1) is 11.3 Å². The van der Waals surface area contributed by atoms with Gasteiger partial charge in [0, 0.05) is 32.2 Å². The summed E-state index contributed by atoms with van der Waals surface area (Å²) in [6, 6.07) is 12.9. The Hall–Kier alpha value is -2.48. The number of hydrogen-bond donors (Lipinski definition) is 1. The molecule has 1 aromatic heterocycles. The average Bonchev–Trinajstić information content (AvgIpc) is 3.34. The van der Waals surface area contributed by atoms with E-state index in [0.29, 0.717) is 39.4 Å². The van der Waals surface area contributed by atoms with Crippen molar-refractivity contribution in [1.29, 1.82) is 0 Å². The van der Waals surface area contributed by atoms with Crippen molar-refractivity contribution in [2.45, 2.75) is 47.0 Å². The molecule has 37 heavy (non-hydrogen) atoms. The third-order valence-electron chi connectivity index (χ3n) is 7.28. The largest absolute Gasteiger partial charge is 0.322 e. The van der Waals surface area contributed by atoms with E-state index in [4.69, 9.17) is 16.6 Å². The van der Waals surface area contributed by atoms with Crippen molar-refractivity contribution in [3.05, 3.63) is 73.5 Å². The Morgan fingerprint density at radius 3 is 2.62 bits per heavy atom. The molecule has 2 amide bonds. The van der Waals surface area contributed by atoms with E-state index in [1.807, 2.05) is 25.1 Å². The van der Waals surface area contributed by atoms with Gasteiger partial charge in [-0.2, -0.15) is 0 Å². The lowest BCUT2D eigenvalue weighted by Crippen LogP contribution is -2.29. The van der Waals surface area contributed by atoms with Gasteiger partial charge in [-0.3, -0.25) is 9.59 Å². The van der Waals surface area contributed by atoms with Crippen molar-refractivity contribution >= 4 is 72.8 Å². The highest BCUT2D eigenvalue weighted by molar-refractivity contribution is 9.10. The number of nitrogens with zero attached hydrogens (tertiary/aromatic N) is 2. The molecule has 2 aromatic carbocycles. The second-order valence-corrected chi connectivity index (χ2v) is 13.1. The molecule has 1 N–H and O–H groups in total. The summed E-state index contributed by atoms with van der Waals surface area (Å²) in [6.07, 6.45) is 2.74. The summed E-state index contributed by atoms with van der Waals surface area (Å²) < 4.78 is 0.879. The number of carbonyl (C=O) groups is 2. The van der Waals surface area contributed by atoms with Crippen LogP contribution in [0.25, 0.3) is 0 Å². The van der Waals surface area contributed by atoms with E-state index < -0.39 is 0 Å². The fourth-order valence-corrected chi connectivity index (χ4v) is 6.95. The second-order valence-electron chi connectivity index (χ2n) is 10.6. The molecule has 0 unspecified atom stereocenters. The van der Waals surface area contributed by atoms with Gasteiger partial charge in [0.1, 0.15) is 10.7 Å². The van der Waals surface area contributed by atoms with Crippen LogP contribution in [0.1, 0.15) is 60.5 Å². The van der Waals surface area contributed by atoms with E-state index in [2.05, 4.69) is 42.0 Å². The lowest BCUT2D eigenvalue weighted by molar-refractivity contribution is -0.112. The fraction of sp³-hybridized carbons (Fsp3) is 0.345. The van der Waals surface area contributed by atoms with Crippen LogP contribution in [0.15, 0.2) is 51.9 Å². The monoisotopic (exact) mass is 597 g/mol. The molecule has 0 spiro atoms. The number of nitrogens with one attached hydrogen (secondary N) is 1. The van der Waals surface area contributed by atoms with Crippen molar-refractivity contribution in [3.8, 4) is 0 Å². The zero-order valence-electron chi connectivity index (χ0n) is 21.3. The highest BCUT2D eigenvalue weighted by Crippen LogP contribution is 2.46. The van der Waals surface area contributed by atoms with Crippen LogP contribution in [0.4, 0.5) is 16.4 Å². The normalized spacial score (nSPS) is 18.2. The summed E-state index contributed by atoms with van der Waals surface area (Å²) in [5.41, 5.74) is 4.48. The Kier molecular flexibility index (Phi) is 7.07. The van der Waals surface area contributed by atoms with E-state index >= 15 is 0 Å². The molecule has 3 aromatic rings. The number of amides is 2. The molecule has 1 atom stereocenters. The van der Waals surface area contributed by atoms with Crippen LogP contribution < -0.4 is 10.2 Å². The van der Waals surface area contributed by atoms with Gasteiger partial charge in [0.25, 0.3) is 11.8 Å². The molecule has 1 aliphatic carbocycles. The van der Waals surface area contributed by atoms with Crippen molar-refractivity contribution < 1.29 is 9.59 Å². The SMILES string of the molecule is CCN1C(=O)C(=Nc2sc3c(c2C(=O)Nc2ccc(Cl)cc2)CC[C@@H](C(C)(C)C)C3)c2cc(Br)ccc21. The standard InChI is InChI=1S/C29H29BrClN3O2S/c1-5-34-22-13-7-17(30)15-21(22)25(28(34)36)33-27-24(26(35)32-19-10-8-18(31)9-11-19)20-12-6-16(29(2,3)4)14-23(20)37-27/h7-11,13,15-16H,5-6,12,14H2,1-4H3,(H,32,35)/t16-/m1/s1. The number of aliphatic imine (C=N–C) groups is 1. The number of halogens is 2. The Bertz CT molecular complexity index is 1420. The average molecular weight is 599 g/mol. The fourth-order valence-electron chi connectivity index (χ4n) is 5.16. The molecule has 0 bridgehead atoms. The highest BCUT2D eigenvalue weighted by atomic mass is 79.9. The van der Waals surface area contributed by atoms with Gasteiger partial charge < -0.3 is 10.2 Å². The van der Waals surface area contributed by atoms with Gasteiger partial charge in [0.15, 0.2) is 0 Å². The minimum atomic E-state index is -0.208. The van der Waals surface area contributed by atoms with Gasteiger partial charge >= 0.3 is 0 Å². The first-order chi connectivity index (χ1) is 17.6. The molecule has 2 heterocycles. The van der Waals surface area contributed by atoms with Crippen molar-refractivity contribution in [3.63, 3.8) is 0 Å². The van der Waals surface area contributed by atoms with Crippen molar-refractivity contribution in [2.75, 3.05) is 16.8 Å². The van der Waals surface area contributed by atoms with Crippen molar-refractivity contribution in [1.82, 2.24) is 0 Å². The number of fused-ring (bicyclic) bond motifs is 2. The summed E-state index contributed by atoms with van der Waals surface area (Å²) in [7, 11) is 0. The molecule has 1 aliphatic heterocycles. The summed E-state index contributed by atoms with van der Waals surface area (Å²) in [4.78, 5) is 35.0. The van der Waals surface area contributed by atoms with E-state index in [0.717, 1.165) is 40.5 Å². The maximum absolute atomic E-state index is 13.7. The third-order valence-corrected chi connectivity index (χ3v) is 9.18. The Morgan fingerprint density at radius 2 is 1.95 bits per heavy atom. The third kappa shape index (κ3) is 5.01. The van der Waals surface area contributed by atoms with Gasteiger partial charge in [-0.15, -0.1) is 11.3 Å². The first kappa shape index (κ1) is 26.1. The molecular formula is C29H29BrClN3O2S.